The van der Waals surface area contributed by atoms with Crippen LogP contribution >= 0.6 is 12.2 Å². The van der Waals surface area contributed by atoms with E-state index < -0.39 is 0 Å². The Kier molecular flexibility index (Phi) is 2.99. The van der Waals surface area contributed by atoms with Crippen LogP contribution < -0.4 is 0 Å². The van der Waals surface area contributed by atoms with Gasteiger partial charge in [-0.25, -0.2) is 0 Å². The lowest BCUT2D eigenvalue weighted by molar-refractivity contribution is 0.0758. The Balaban J connectivity index is 2.16. The molecular formula is C14H18N2OS. The smallest absolute Gasteiger partial charge is 0.178 e. The number of methoxy groups -OCH3 is 1. The van der Waals surface area contributed by atoms with Gasteiger partial charge in [-0.05, 0) is 56.1 Å². The second kappa shape index (κ2) is 4.52. The minimum atomic E-state index is 0.289. The van der Waals surface area contributed by atoms with Crippen molar-refractivity contribution >= 4 is 23.3 Å². The molecule has 2 unspecified atom stereocenters. The fourth-order valence-electron chi connectivity index (χ4n) is 3.05. The molecule has 3 nitrogen and oxygen atoms in total. The number of aromatic amines is 1. The summed E-state index contributed by atoms with van der Waals surface area (Å²) in [6.45, 7) is 2.10. The second-order valence-electron chi connectivity index (χ2n) is 5.09. The van der Waals surface area contributed by atoms with E-state index >= 15 is 0 Å². The van der Waals surface area contributed by atoms with Gasteiger partial charge in [0.25, 0.3) is 0 Å². The van der Waals surface area contributed by atoms with Crippen molar-refractivity contribution in [1.82, 2.24) is 9.55 Å². The molecular weight excluding hydrogens is 244 g/mol. The summed E-state index contributed by atoms with van der Waals surface area (Å²) in [5, 5.41) is 0. The number of nitrogens with one attached hydrogen (secondary N) is 1. The highest BCUT2D eigenvalue weighted by atomic mass is 32.1. The Morgan fingerprint density at radius 3 is 3.00 bits per heavy atom. The van der Waals surface area contributed by atoms with Crippen molar-refractivity contribution in [2.75, 3.05) is 7.11 Å². The molecule has 4 heteroatoms. The van der Waals surface area contributed by atoms with E-state index in [2.05, 4.69) is 34.7 Å². The molecule has 0 aliphatic heterocycles. The first kappa shape index (κ1) is 11.9. The molecule has 1 aromatic carbocycles. The molecule has 1 aromatic heterocycles. The summed E-state index contributed by atoms with van der Waals surface area (Å²) in [7, 11) is 1.80. The number of fused-ring (bicyclic) bond motifs is 1. The highest BCUT2D eigenvalue weighted by molar-refractivity contribution is 7.71. The van der Waals surface area contributed by atoms with Crippen molar-refractivity contribution in [2.24, 2.45) is 0 Å². The van der Waals surface area contributed by atoms with Gasteiger partial charge < -0.3 is 14.3 Å². The van der Waals surface area contributed by atoms with Gasteiger partial charge in [0.1, 0.15) is 0 Å². The molecule has 18 heavy (non-hydrogen) atoms. The third kappa shape index (κ3) is 1.80. The van der Waals surface area contributed by atoms with E-state index in [0.717, 1.165) is 23.1 Å². The largest absolute Gasteiger partial charge is 0.379 e. The van der Waals surface area contributed by atoms with Crippen molar-refractivity contribution in [3.8, 4) is 0 Å². The Bertz CT molecular complexity index is 628. The highest BCUT2D eigenvalue weighted by Crippen LogP contribution is 2.34. The molecule has 1 fully saturated rings. The van der Waals surface area contributed by atoms with Crippen LogP contribution in [0.2, 0.25) is 0 Å². The molecule has 3 rings (SSSR count). The summed E-state index contributed by atoms with van der Waals surface area (Å²) in [6, 6.07) is 6.82. The van der Waals surface area contributed by atoms with Crippen molar-refractivity contribution in [3.63, 3.8) is 0 Å². The fraction of sp³-hybridized carbons (Fsp3) is 0.500. The van der Waals surface area contributed by atoms with Crippen LogP contribution in [0.1, 0.15) is 30.9 Å². The maximum Gasteiger partial charge on any atom is 0.178 e. The zero-order chi connectivity index (χ0) is 12.7. The van der Waals surface area contributed by atoms with E-state index in [-0.39, 0.29) is 6.10 Å². The van der Waals surface area contributed by atoms with E-state index in [0.29, 0.717) is 6.04 Å². The monoisotopic (exact) mass is 262 g/mol. The van der Waals surface area contributed by atoms with Crippen LogP contribution in [-0.2, 0) is 4.74 Å². The number of benzene rings is 1. The van der Waals surface area contributed by atoms with Gasteiger partial charge >= 0.3 is 0 Å². The second-order valence-corrected chi connectivity index (χ2v) is 5.48. The lowest BCUT2D eigenvalue weighted by atomic mass is 10.2. The number of rotatable bonds is 2. The first-order valence-corrected chi connectivity index (χ1v) is 6.85. The number of H-pyrrole nitrogens is 1. The number of ether oxygens (including phenoxy) is 1. The van der Waals surface area contributed by atoms with Crippen molar-refractivity contribution < 1.29 is 4.74 Å². The van der Waals surface area contributed by atoms with Gasteiger partial charge in [-0.3, -0.25) is 0 Å². The molecule has 0 spiro atoms. The number of aryl methyl sites for hydroxylation is 1. The average Bonchev–Trinajstić information content (AvgIpc) is 2.90. The Morgan fingerprint density at radius 1 is 1.39 bits per heavy atom. The van der Waals surface area contributed by atoms with Crippen LogP contribution in [0.25, 0.3) is 11.0 Å². The topological polar surface area (TPSA) is 29.9 Å². The third-order valence-electron chi connectivity index (χ3n) is 3.92. The lowest BCUT2D eigenvalue weighted by Gasteiger charge is -2.20. The van der Waals surface area contributed by atoms with Gasteiger partial charge in [0.05, 0.1) is 23.2 Å². The van der Waals surface area contributed by atoms with Crippen LogP contribution in [0, 0.1) is 11.7 Å². The van der Waals surface area contributed by atoms with E-state index in [4.69, 9.17) is 17.0 Å². The standard InChI is InChI=1S/C14H18N2OS/c1-9-6-7-11-10(8-9)15-14(18)16(11)12-4-3-5-13(12)17-2/h6-8,12-13H,3-5H2,1-2H3,(H,15,18). The van der Waals surface area contributed by atoms with Crippen LogP contribution in [0.4, 0.5) is 0 Å². The number of imidazole rings is 1. The molecule has 2 atom stereocenters. The number of hydrogen-bond donors (Lipinski definition) is 1. The summed E-state index contributed by atoms with van der Waals surface area (Å²) >= 11 is 5.49. The molecule has 0 amide bonds. The van der Waals surface area contributed by atoms with Crippen molar-refractivity contribution in [3.05, 3.63) is 28.5 Å². The Morgan fingerprint density at radius 2 is 2.22 bits per heavy atom. The molecule has 96 valence electrons. The minimum Gasteiger partial charge on any atom is -0.379 e. The fourth-order valence-corrected chi connectivity index (χ4v) is 3.39. The van der Waals surface area contributed by atoms with Crippen LogP contribution in [0.3, 0.4) is 0 Å². The molecule has 0 bridgehead atoms. The normalized spacial score (nSPS) is 23.9. The van der Waals surface area contributed by atoms with E-state index in [1.807, 2.05) is 0 Å². The van der Waals surface area contributed by atoms with Crippen molar-refractivity contribution in [1.29, 1.82) is 0 Å². The maximum atomic E-state index is 5.59. The zero-order valence-electron chi connectivity index (χ0n) is 10.8. The van der Waals surface area contributed by atoms with E-state index in [9.17, 15) is 0 Å². The molecule has 1 saturated carbocycles. The summed E-state index contributed by atoms with van der Waals surface area (Å²) in [6.07, 6.45) is 3.77. The van der Waals surface area contributed by atoms with E-state index in [1.54, 1.807) is 7.11 Å². The molecule has 2 aromatic rings. The van der Waals surface area contributed by atoms with Gasteiger partial charge in [0, 0.05) is 7.11 Å². The summed E-state index contributed by atoms with van der Waals surface area (Å²) in [5.74, 6) is 0. The lowest BCUT2D eigenvalue weighted by Crippen LogP contribution is -2.20. The van der Waals surface area contributed by atoms with Gasteiger partial charge in [0.15, 0.2) is 4.77 Å². The van der Waals surface area contributed by atoms with E-state index in [1.165, 1.54) is 17.5 Å². The SMILES string of the molecule is COC1CCCC1n1c(=S)[nH]c2cc(C)ccc21. The van der Waals surface area contributed by atoms with Crippen LogP contribution in [0.5, 0.6) is 0 Å². The van der Waals surface area contributed by atoms with Gasteiger partial charge in [-0.1, -0.05) is 6.07 Å². The average molecular weight is 262 g/mol. The van der Waals surface area contributed by atoms with Gasteiger partial charge in [-0.15, -0.1) is 0 Å². The van der Waals surface area contributed by atoms with Crippen LogP contribution in [0.15, 0.2) is 18.2 Å². The predicted molar refractivity (Wildman–Crippen MR) is 75.5 cm³/mol. The third-order valence-corrected chi connectivity index (χ3v) is 4.22. The first-order chi connectivity index (χ1) is 8.70. The molecule has 1 aliphatic rings. The number of aromatic nitrogens is 2. The van der Waals surface area contributed by atoms with Gasteiger partial charge in [0.2, 0.25) is 0 Å². The molecule has 1 aliphatic carbocycles. The molecule has 1 heterocycles. The highest BCUT2D eigenvalue weighted by Gasteiger charge is 2.30. The first-order valence-electron chi connectivity index (χ1n) is 6.44. The summed E-state index contributed by atoms with van der Waals surface area (Å²) in [5.41, 5.74) is 3.57. The maximum absolute atomic E-state index is 5.59. The molecule has 0 saturated heterocycles. The minimum absolute atomic E-state index is 0.289. The number of nitrogens with zero attached hydrogens (tertiary/aromatic N) is 1. The number of hydrogen-bond acceptors (Lipinski definition) is 2. The zero-order valence-corrected chi connectivity index (χ0v) is 11.6. The van der Waals surface area contributed by atoms with Crippen molar-refractivity contribution in [2.45, 2.75) is 38.3 Å². The van der Waals surface area contributed by atoms with Gasteiger partial charge in [-0.2, -0.15) is 0 Å². The summed E-state index contributed by atoms with van der Waals surface area (Å²) in [4.78, 5) is 3.31. The van der Waals surface area contributed by atoms with Crippen LogP contribution in [-0.4, -0.2) is 22.8 Å². The quantitative estimate of drug-likeness (QED) is 0.835. The summed E-state index contributed by atoms with van der Waals surface area (Å²) < 4.78 is 8.65. The molecule has 1 N–H and O–H groups in total. The Hall–Kier alpha value is -1.13. The Labute approximate surface area is 112 Å². The molecule has 0 radical (unpaired) electrons. The predicted octanol–water partition coefficient (Wildman–Crippen LogP) is 3.75.